The van der Waals surface area contributed by atoms with Crippen molar-refractivity contribution in [2.24, 2.45) is 4.99 Å². The number of halogens is 2. The van der Waals surface area contributed by atoms with E-state index in [0.29, 0.717) is 32.7 Å². The topological polar surface area (TPSA) is 53.9 Å². The molecule has 1 atom stereocenters. The first-order valence-electron chi connectivity index (χ1n) is 10.9. The maximum atomic E-state index is 13.0. The Morgan fingerprint density at radius 3 is 2.55 bits per heavy atom. The van der Waals surface area contributed by atoms with Crippen LogP contribution in [0.5, 0.6) is 5.75 Å². The fraction of sp³-hybridized carbons (Fsp3) is 0.522. The molecule has 1 aromatic carbocycles. The van der Waals surface area contributed by atoms with Gasteiger partial charge < -0.3 is 9.64 Å². The number of hydrogen-bond donors (Lipinski definition) is 0. The number of anilines is 1. The number of piperazine rings is 1. The molecule has 3 heterocycles. The van der Waals surface area contributed by atoms with Gasteiger partial charge in [-0.1, -0.05) is 6.07 Å². The number of rotatable bonds is 6. The Morgan fingerprint density at radius 1 is 1.06 bits per heavy atom. The largest absolute Gasteiger partial charge is 0.488 e. The Labute approximate surface area is 181 Å². The second-order valence-electron chi connectivity index (χ2n) is 8.90. The van der Waals surface area contributed by atoms with Crippen molar-refractivity contribution < 1.29 is 13.5 Å². The summed E-state index contributed by atoms with van der Waals surface area (Å²) in [4.78, 5) is 17.6. The Hall–Kier alpha value is -2.61. The molecule has 3 aliphatic rings. The van der Waals surface area contributed by atoms with Crippen LogP contribution in [0.15, 0.2) is 35.6 Å². The summed E-state index contributed by atoms with van der Waals surface area (Å²) < 4.78 is 32.1. The second kappa shape index (κ2) is 7.82. The van der Waals surface area contributed by atoms with Crippen molar-refractivity contribution in [1.82, 2.24) is 14.9 Å². The van der Waals surface area contributed by atoms with E-state index in [1.54, 1.807) is 13.3 Å². The van der Waals surface area contributed by atoms with Crippen LogP contribution in [-0.4, -0.2) is 64.8 Å². The van der Waals surface area contributed by atoms with E-state index in [-0.39, 0.29) is 5.60 Å². The summed E-state index contributed by atoms with van der Waals surface area (Å²) >= 11 is 0. The molecule has 0 bridgehead atoms. The quantitative estimate of drug-likeness (QED) is 0.706. The number of alkyl halides is 2. The highest BCUT2D eigenvalue weighted by Crippen LogP contribution is 2.40. The van der Waals surface area contributed by atoms with E-state index in [1.807, 2.05) is 17.0 Å². The van der Waals surface area contributed by atoms with Crippen LogP contribution in [0, 0.1) is 0 Å². The summed E-state index contributed by atoms with van der Waals surface area (Å²) in [5, 5.41) is 0. The average molecular weight is 427 g/mol. The zero-order chi connectivity index (χ0) is 21.6. The fourth-order valence-electron chi connectivity index (χ4n) is 4.18. The van der Waals surface area contributed by atoms with Crippen LogP contribution in [-0.2, 0) is 6.54 Å². The summed E-state index contributed by atoms with van der Waals surface area (Å²) in [7, 11) is 0. The van der Waals surface area contributed by atoms with Crippen LogP contribution in [0.4, 0.5) is 14.6 Å². The highest BCUT2D eigenvalue weighted by atomic mass is 19.3. The second-order valence-corrected chi connectivity index (χ2v) is 8.90. The highest BCUT2D eigenvalue weighted by molar-refractivity contribution is 6.14. The minimum Gasteiger partial charge on any atom is -0.488 e. The maximum Gasteiger partial charge on any atom is 0.253 e. The lowest BCUT2D eigenvalue weighted by Crippen LogP contribution is -2.51. The third kappa shape index (κ3) is 4.13. The molecular formula is C23H27F2N5O. The summed E-state index contributed by atoms with van der Waals surface area (Å²) in [6.45, 7) is 6.85. The van der Waals surface area contributed by atoms with Crippen molar-refractivity contribution in [1.29, 1.82) is 0 Å². The predicted molar refractivity (Wildman–Crippen MR) is 115 cm³/mol. The van der Waals surface area contributed by atoms with Crippen LogP contribution < -0.4 is 9.64 Å². The van der Waals surface area contributed by atoms with E-state index in [2.05, 4.69) is 33.9 Å². The molecule has 31 heavy (non-hydrogen) atoms. The van der Waals surface area contributed by atoms with Gasteiger partial charge in [0.2, 0.25) is 0 Å². The van der Waals surface area contributed by atoms with Crippen LogP contribution >= 0.6 is 0 Å². The van der Waals surface area contributed by atoms with Crippen molar-refractivity contribution in [2.45, 2.75) is 51.3 Å². The van der Waals surface area contributed by atoms with E-state index in [1.165, 1.54) is 0 Å². The maximum absolute atomic E-state index is 13.0. The lowest BCUT2D eigenvalue weighted by Gasteiger charge is -2.38. The van der Waals surface area contributed by atoms with Gasteiger partial charge >= 0.3 is 0 Å². The van der Waals surface area contributed by atoms with Crippen LogP contribution in [0.1, 0.15) is 43.5 Å². The number of benzene rings is 1. The molecule has 1 aromatic heterocycles. The lowest BCUT2D eigenvalue weighted by atomic mass is 10.0. The molecule has 0 radical (unpaired) electrons. The molecule has 6 nitrogen and oxygen atoms in total. The first kappa shape index (κ1) is 20.3. The molecule has 2 fully saturated rings. The smallest absolute Gasteiger partial charge is 0.253 e. The van der Waals surface area contributed by atoms with E-state index < -0.39 is 12.5 Å². The highest BCUT2D eigenvalue weighted by Gasteiger charge is 2.40. The Balaban J connectivity index is 1.32. The molecule has 0 spiro atoms. The Morgan fingerprint density at radius 2 is 1.84 bits per heavy atom. The monoisotopic (exact) mass is 427 g/mol. The van der Waals surface area contributed by atoms with Gasteiger partial charge in [-0.2, -0.15) is 0 Å². The zero-order valence-corrected chi connectivity index (χ0v) is 17.9. The summed E-state index contributed by atoms with van der Waals surface area (Å²) in [5.41, 5.74) is 3.83. The van der Waals surface area contributed by atoms with Gasteiger partial charge in [0.1, 0.15) is 23.5 Å². The van der Waals surface area contributed by atoms with Gasteiger partial charge in [-0.25, -0.2) is 18.7 Å². The van der Waals surface area contributed by atoms with Gasteiger partial charge in [-0.05, 0) is 44.4 Å². The van der Waals surface area contributed by atoms with Gasteiger partial charge in [-0.3, -0.25) is 9.89 Å². The molecule has 1 saturated carbocycles. The van der Waals surface area contributed by atoms with Gasteiger partial charge in [0.25, 0.3) is 6.43 Å². The van der Waals surface area contributed by atoms with E-state index in [0.717, 1.165) is 46.9 Å². The number of aromatic nitrogens is 2. The van der Waals surface area contributed by atoms with Crippen molar-refractivity contribution in [3.8, 4) is 5.75 Å². The number of fused-ring (bicyclic) bond motifs is 1. The van der Waals surface area contributed by atoms with E-state index >= 15 is 0 Å². The third-order valence-corrected chi connectivity index (χ3v) is 6.54. The normalized spacial score (nSPS) is 21.1. The van der Waals surface area contributed by atoms with Crippen molar-refractivity contribution >= 4 is 11.5 Å². The molecule has 1 saturated heterocycles. The molecule has 1 unspecified atom stereocenters. The van der Waals surface area contributed by atoms with Gasteiger partial charge in [-0.15, -0.1) is 0 Å². The summed E-state index contributed by atoms with van der Waals surface area (Å²) in [5.74, 6) is 1.68. The van der Waals surface area contributed by atoms with E-state index in [9.17, 15) is 8.78 Å². The molecular weight excluding hydrogens is 400 g/mol. The van der Waals surface area contributed by atoms with Crippen molar-refractivity contribution in [2.75, 3.05) is 31.1 Å². The molecule has 8 heteroatoms. The fourth-order valence-corrected chi connectivity index (χ4v) is 4.18. The van der Waals surface area contributed by atoms with Crippen LogP contribution in [0.3, 0.4) is 0 Å². The molecule has 0 N–H and O–H groups in total. The molecule has 1 aliphatic carbocycles. The number of aliphatic imine (C=N–C) groups is 1. The predicted octanol–water partition coefficient (Wildman–Crippen LogP) is 3.53. The summed E-state index contributed by atoms with van der Waals surface area (Å²) in [6.07, 6.45) is 1.41. The molecule has 2 aromatic rings. The first-order valence-corrected chi connectivity index (χ1v) is 10.9. The lowest BCUT2D eigenvalue weighted by molar-refractivity contribution is 0.0318. The number of hydrogen-bond acceptors (Lipinski definition) is 6. The molecule has 164 valence electrons. The first-order chi connectivity index (χ1) is 14.9. The molecule has 2 aliphatic heterocycles. The number of nitrogens with zero attached hydrogens (tertiary/aromatic N) is 5. The Kier molecular flexibility index (Phi) is 5.12. The van der Waals surface area contributed by atoms with Crippen LogP contribution in [0.2, 0.25) is 0 Å². The SMILES string of the molecule is CC(C(F)F)N1CCN(c2cc(C3=NCc4ccc(OC5(C)CC5)cc43)ncn2)CC1. The van der Waals surface area contributed by atoms with Crippen LogP contribution in [0.25, 0.3) is 0 Å². The van der Waals surface area contributed by atoms with Gasteiger partial charge in [0.05, 0.1) is 24.0 Å². The summed E-state index contributed by atoms with van der Waals surface area (Å²) in [6, 6.07) is 7.40. The zero-order valence-electron chi connectivity index (χ0n) is 17.9. The minimum atomic E-state index is -2.32. The third-order valence-electron chi connectivity index (χ3n) is 6.54. The average Bonchev–Trinajstić information content (AvgIpc) is 3.35. The van der Waals surface area contributed by atoms with Gasteiger partial charge in [0.15, 0.2) is 0 Å². The Bertz CT molecular complexity index is 999. The van der Waals surface area contributed by atoms with Crippen molar-refractivity contribution in [3.63, 3.8) is 0 Å². The number of ether oxygens (including phenoxy) is 1. The van der Waals surface area contributed by atoms with Crippen molar-refractivity contribution in [3.05, 3.63) is 47.4 Å². The molecule has 0 amide bonds. The standard InChI is InChI=1S/C23H27F2N5O/c1-15(22(24)25)29-7-9-30(10-8-29)20-12-19(27-14-28-20)21-18-11-17(31-23(2)5-6-23)4-3-16(18)13-26-21/h3-4,11-12,14-15,22H,5-10,13H2,1-2H3. The van der Waals surface area contributed by atoms with E-state index in [4.69, 9.17) is 9.73 Å². The minimum absolute atomic E-state index is 0.0316. The molecule has 5 rings (SSSR count). The van der Waals surface area contributed by atoms with Gasteiger partial charge in [0, 0.05) is 37.8 Å².